The number of aliphatic hydroxyl groups excluding tert-OH is 1. The molecule has 2 N–H and O–H groups in total. The van der Waals surface area contributed by atoms with Crippen LogP contribution in [-0.4, -0.2) is 22.8 Å². The summed E-state index contributed by atoms with van der Waals surface area (Å²) in [5.41, 5.74) is 2.41. The predicted molar refractivity (Wildman–Crippen MR) is 103 cm³/mol. The Morgan fingerprint density at radius 2 is 1.56 bits per heavy atom. The minimum Gasteiger partial charge on any atom is -0.502 e. The van der Waals surface area contributed by atoms with Crippen LogP contribution in [0.25, 0.3) is 5.57 Å². The van der Waals surface area contributed by atoms with Crippen LogP contribution in [0.4, 0.5) is 11.4 Å². The smallest absolute Gasteiger partial charge is 0.301 e. The number of rotatable bonds is 4. The molecule has 138 valence electrons. The average Bonchev–Trinajstić information content (AvgIpc) is 2.85. The van der Waals surface area contributed by atoms with Crippen molar-refractivity contribution in [3.05, 3.63) is 65.4 Å². The van der Waals surface area contributed by atoms with E-state index in [0.29, 0.717) is 22.9 Å². The lowest BCUT2D eigenvalue weighted by Crippen LogP contribution is -2.31. The van der Waals surface area contributed by atoms with E-state index in [1.165, 1.54) is 6.92 Å². The lowest BCUT2D eigenvalue weighted by atomic mass is 10.0. The van der Waals surface area contributed by atoms with Gasteiger partial charge in [-0.2, -0.15) is 0 Å². The van der Waals surface area contributed by atoms with Crippen LogP contribution in [-0.2, 0) is 14.4 Å². The van der Waals surface area contributed by atoms with E-state index in [4.69, 9.17) is 0 Å². The fourth-order valence-electron chi connectivity index (χ4n) is 2.94. The second kappa shape index (κ2) is 7.07. The predicted octanol–water partition coefficient (Wildman–Crippen LogP) is 3.61. The van der Waals surface area contributed by atoms with Crippen LogP contribution in [0.5, 0.6) is 0 Å². The van der Waals surface area contributed by atoms with Crippen molar-refractivity contribution in [1.29, 1.82) is 0 Å². The number of carbonyl (C=O) groups excluding carboxylic acids is 3. The number of carbonyl (C=O) groups is 3. The fourth-order valence-corrected chi connectivity index (χ4v) is 2.94. The average molecular weight is 364 g/mol. The zero-order valence-corrected chi connectivity index (χ0v) is 15.3. The van der Waals surface area contributed by atoms with Gasteiger partial charge in [0.2, 0.25) is 5.91 Å². The first-order chi connectivity index (χ1) is 12.8. The molecule has 1 aliphatic heterocycles. The number of aliphatic hydroxyl groups is 1. The van der Waals surface area contributed by atoms with Gasteiger partial charge in [0.25, 0.3) is 5.91 Å². The summed E-state index contributed by atoms with van der Waals surface area (Å²) in [4.78, 5) is 37.4. The molecule has 6 nitrogen and oxygen atoms in total. The zero-order chi connectivity index (χ0) is 19.7. The standard InChI is InChI=1S/C21H20N2O4/c1-12(2)14-6-10-17(11-7-14)23-20(26)18(19(25)21(23)27)15-4-8-16(9-5-15)22-13(3)24/h4-12,25H,1-3H3,(H,22,24). The highest BCUT2D eigenvalue weighted by molar-refractivity contribution is 6.44. The first-order valence-electron chi connectivity index (χ1n) is 8.59. The summed E-state index contributed by atoms with van der Waals surface area (Å²) in [7, 11) is 0. The molecule has 2 aromatic rings. The maximum Gasteiger partial charge on any atom is 0.301 e. The molecule has 6 heteroatoms. The fraction of sp³-hybridized carbons (Fsp3) is 0.190. The van der Waals surface area contributed by atoms with Gasteiger partial charge in [-0.15, -0.1) is 0 Å². The summed E-state index contributed by atoms with van der Waals surface area (Å²) in [5, 5.41) is 12.9. The van der Waals surface area contributed by atoms with Crippen LogP contribution in [0.2, 0.25) is 0 Å². The summed E-state index contributed by atoms with van der Waals surface area (Å²) < 4.78 is 0. The molecule has 3 rings (SSSR count). The molecule has 2 aromatic carbocycles. The topological polar surface area (TPSA) is 86.7 Å². The normalized spacial score (nSPS) is 14.3. The third-order valence-corrected chi connectivity index (χ3v) is 4.37. The Morgan fingerprint density at radius 1 is 0.963 bits per heavy atom. The Balaban J connectivity index is 1.91. The van der Waals surface area contributed by atoms with Gasteiger partial charge in [0.1, 0.15) is 0 Å². The van der Waals surface area contributed by atoms with Gasteiger partial charge < -0.3 is 10.4 Å². The van der Waals surface area contributed by atoms with Crippen LogP contribution in [0.15, 0.2) is 54.3 Å². The van der Waals surface area contributed by atoms with Gasteiger partial charge in [0, 0.05) is 12.6 Å². The lowest BCUT2D eigenvalue weighted by molar-refractivity contribution is -0.121. The highest BCUT2D eigenvalue weighted by Crippen LogP contribution is 2.32. The van der Waals surface area contributed by atoms with Crippen LogP contribution in [0.3, 0.4) is 0 Å². The largest absolute Gasteiger partial charge is 0.502 e. The maximum atomic E-state index is 12.8. The SMILES string of the molecule is CC(=O)Nc1ccc(C2=C(O)C(=O)N(c3ccc(C(C)C)cc3)C2=O)cc1. The number of imide groups is 1. The number of anilines is 2. The molecule has 0 atom stereocenters. The van der Waals surface area contributed by atoms with E-state index < -0.39 is 17.6 Å². The summed E-state index contributed by atoms with van der Waals surface area (Å²) in [6, 6.07) is 13.5. The molecule has 0 bridgehead atoms. The van der Waals surface area contributed by atoms with Gasteiger partial charge in [-0.25, -0.2) is 4.90 Å². The van der Waals surface area contributed by atoms with E-state index in [-0.39, 0.29) is 11.5 Å². The Morgan fingerprint density at radius 3 is 2.07 bits per heavy atom. The number of benzene rings is 2. The molecule has 0 unspecified atom stereocenters. The van der Waals surface area contributed by atoms with Gasteiger partial charge >= 0.3 is 5.91 Å². The first-order valence-corrected chi connectivity index (χ1v) is 8.59. The second-order valence-electron chi connectivity index (χ2n) is 6.67. The molecule has 0 aliphatic carbocycles. The van der Waals surface area contributed by atoms with E-state index in [1.807, 2.05) is 12.1 Å². The minimum atomic E-state index is -0.752. The van der Waals surface area contributed by atoms with E-state index in [1.54, 1.807) is 36.4 Å². The number of amides is 3. The van der Waals surface area contributed by atoms with Gasteiger partial charge in [0.15, 0.2) is 5.76 Å². The minimum absolute atomic E-state index is 0.0534. The maximum absolute atomic E-state index is 12.8. The van der Waals surface area contributed by atoms with Crippen molar-refractivity contribution in [2.45, 2.75) is 26.7 Å². The van der Waals surface area contributed by atoms with Gasteiger partial charge in [0.05, 0.1) is 11.3 Å². The second-order valence-corrected chi connectivity index (χ2v) is 6.67. The Labute approximate surface area is 157 Å². The van der Waals surface area contributed by atoms with Crippen LogP contribution in [0, 0.1) is 0 Å². The van der Waals surface area contributed by atoms with E-state index >= 15 is 0 Å². The van der Waals surface area contributed by atoms with Crippen molar-refractivity contribution in [1.82, 2.24) is 0 Å². The summed E-state index contributed by atoms with van der Waals surface area (Å²) >= 11 is 0. The van der Waals surface area contributed by atoms with Crippen molar-refractivity contribution >= 4 is 34.7 Å². The third-order valence-electron chi connectivity index (χ3n) is 4.37. The number of hydrogen-bond donors (Lipinski definition) is 2. The quantitative estimate of drug-likeness (QED) is 0.812. The molecule has 27 heavy (non-hydrogen) atoms. The molecule has 0 saturated carbocycles. The Hall–Kier alpha value is -3.41. The van der Waals surface area contributed by atoms with Crippen molar-refractivity contribution in [3.63, 3.8) is 0 Å². The number of nitrogens with zero attached hydrogens (tertiary/aromatic N) is 1. The van der Waals surface area contributed by atoms with Crippen molar-refractivity contribution in [3.8, 4) is 0 Å². The summed E-state index contributed by atoms with van der Waals surface area (Å²) in [5.74, 6) is -1.80. The molecule has 3 amide bonds. The van der Waals surface area contributed by atoms with Gasteiger partial charge in [-0.05, 0) is 41.3 Å². The van der Waals surface area contributed by atoms with Crippen LogP contribution >= 0.6 is 0 Å². The van der Waals surface area contributed by atoms with Crippen molar-refractivity contribution in [2.75, 3.05) is 10.2 Å². The first kappa shape index (κ1) is 18.4. The number of nitrogens with one attached hydrogen (secondary N) is 1. The molecular weight excluding hydrogens is 344 g/mol. The molecule has 1 heterocycles. The van der Waals surface area contributed by atoms with E-state index in [2.05, 4.69) is 19.2 Å². The Bertz CT molecular complexity index is 941. The molecular formula is C21H20N2O4. The Kier molecular flexibility index (Phi) is 4.81. The van der Waals surface area contributed by atoms with Gasteiger partial charge in [-0.3, -0.25) is 14.4 Å². The van der Waals surface area contributed by atoms with Crippen molar-refractivity contribution < 1.29 is 19.5 Å². The van der Waals surface area contributed by atoms with Crippen LogP contribution in [0.1, 0.15) is 37.8 Å². The van der Waals surface area contributed by atoms with Crippen molar-refractivity contribution in [2.24, 2.45) is 0 Å². The van der Waals surface area contributed by atoms with Gasteiger partial charge in [-0.1, -0.05) is 38.1 Å². The summed E-state index contributed by atoms with van der Waals surface area (Å²) in [6.45, 7) is 5.50. The highest BCUT2D eigenvalue weighted by atomic mass is 16.3. The molecule has 0 radical (unpaired) electrons. The number of hydrogen-bond acceptors (Lipinski definition) is 4. The summed E-state index contributed by atoms with van der Waals surface area (Å²) in [6.07, 6.45) is 0. The highest BCUT2D eigenvalue weighted by Gasteiger charge is 2.40. The molecule has 0 aromatic heterocycles. The molecule has 0 fully saturated rings. The van der Waals surface area contributed by atoms with E-state index in [9.17, 15) is 19.5 Å². The monoisotopic (exact) mass is 364 g/mol. The van der Waals surface area contributed by atoms with Crippen LogP contribution < -0.4 is 10.2 Å². The third kappa shape index (κ3) is 3.46. The zero-order valence-electron chi connectivity index (χ0n) is 15.3. The van der Waals surface area contributed by atoms with E-state index in [0.717, 1.165) is 10.5 Å². The molecule has 0 spiro atoms. The molecule has 1 aliphatic rings. The lowest BCUT2D eigenvalue weighted by Gasteiger charge is -2.16. The molecule has 0 saturated heterocycles.